The lowest BCUT2D eigenvalue weighted by Gasteiger charge is -2.38. The molecule has 1 unspecified atom stereocenters. The molecule has 0 radical (unpaired) electrons. The first-order chi connectivity index (χ1) is 35.5. The summed E-state index contributed by atoms with van der Waals surface area (Å²) in [5, 5.41) is 23.2. The number of hydrogen-bond donors (Lipinski definition) is 2. The maximum absolute atomic E-state index is 14.9. The van der Waals surface area contributed by atoms with Crippen molar-refractivity contribution in [3.05, 3.63) is 120 Å². The average molecular weight is 1050 g/mol. The molecule has 0 spiro atoms. The third-order valence-electron chi connectivity index (χ3n) is 14.0. The molecule has 2 saturated heterocycles. The van der Waals surface area contributed by atoms with Crippen LogP contribution in [0.2, 0.25) is 0 Å². The number of ether oxygens (including phenoxy) is 2. The number of hydrogen-bond acceptors (Lipinski definition) is 11. The summed E-state index contributed by atoms with van der Waals surface area (Å²) >= 11 is 5.80. The molecule has 2 aliphatic heterocycles. The number of aliphatic hydroxyl groups excluding tert-OH is 1. The number of aryl methyl sites for hydroxylation is 1. The van der Waals surface area contributed by atoms with Gasteiger partial charge >= 0.3 is 0 Å². The van der Waals surface area contributed by atoms with E-state index in [1.54, 1.807) is 18.7 Å². The highest BCUT2D eigenvalue weighted by molar-refractivity contribution is 7.81. The van der Waals surface area contributed by atoms with Crippen LogP contribution in [0.25, 0.3) is 22.5 Å². The highest BCUT2D eigenvalue weighted by atomic mass is 32.1. The molecule has 14 nitrogen and oxygen atoms in total. The lowest BCUT2D eigenvalue weighted by molar-refractivity contribution is -0.147. The molecule has 3 amide bonds. The summed E-state index contributed by atoms with van der Waals surface area (Å²) in [5.74, 6) is -3.97. The molecule has 7 rings (SSSR count). The van der Waals surface area contributed by atoms with Crippen molar-refractivity contribution in [1.29, 1.82) is 5.26 Å². The van der Waals surface area contributed by atoms with E-state index in [2.05, 4.69) is 10.3 Å². The van der Waals surface area contributed by atoms with E-state index < -0.39 is 46.9 Å². The lowest BCUT2D eigenvalue weighted by Crippen LogP contribution is -2.51. The Balaban J connectivity index is 0.839. The number of benzene rings is 4. The quantitative estimate of drug-likeness (QED) is 0.0526. The maximum Gasteiger partial charge on any atom is 0.274 e. The van der Waals surface area contributed by atoms with Gasteiger partial charge < -0.3 is 34.1 Å². The first-order valence-corrected chi connectivity index (χ1v) is 25.8. The first kappa shape index (κ1) is 55.9. The smallest absolute Gasteiger partial charge is 0.274 e. The summed E-state index contributed by atoms with van der Waals surface area (Å²) in [7, 11) is 0. The Hall–Kier alpha value is -6.87. The molecule has 5 aromatic rings. The zero-order valence-electron chi connectivity index (χ0n) is 43.8. The number of halogens is 2. The molecule has 2 aliphatic rings. The number of carbonyl (C=O) groups excluding carboxylic acids is 4. The van der Waals surface area contributed by atoms with Gasteiger partial charge in [0, 0.05) is 61.7 Å². The number of thiocarbonyl (C=S) groups is 1. The molecular formula is C58H66F2N6O8S. The number of carbonyl (C=O) groups is 4. The van der Waals surface area contributed by atoms with E-state index in [-0.39, 0.29) is 78.3 Å². The summed E-state index contributed by atoms with van der Waals surface area (Å²) in [6, 6.07) is 27.7. The van der Waals surface area contributed by atoms with Crippen molar-refractivity contribution in [2.75, 3.05) is 36.2 Å². The van der Waals surface area contributed by atoms with Crippen molar-refractivity contribution in [3.63, 3.8) is 0 Å². The van der Waals surface area contributed by atoms with Gasteiger partial charge in [0.25, 0.3) is 11.8 Å². The fraction of sp³-hybridized carbons (Fsp3) is 0.431. The minimum atomic E-state index is -3.26. The van der Waals surface area contributed by atoms with Crippen LogP contribution in [0.15, 0.2) is 102 Å². The summed E-state index contributed by atoms with van der Waals surface area (Å²) in [5.41, 5.74) is 2.88. The summed E-state index contributed by atoms with van der Waals surface area (Å²) in [6.07, 6.45) is 1.63. The van der Waals surface area contributed by atoms with Crippen molar-refractivity contribution in [1.82, 2.24) is 15.2 Å². The minimum absolute atomic E-state index is 0.0331. The predicted molar refractivity (Wildman–Crippen MR) is 286 cm³/mol. The highest BCUT2D eigenvalue weighted by Gasteiger charge is 2.51. The Morgan fingerprint density at radius 3 is 2.20 bits per heavy atom. The van der Waals surface area contributed by atoms with Crippen molar-refractivity contribution >= 4 is 52.2 Å². The van der Waals surface area contributed by atoms with Crippen molar-refractivity contribution in [2.24, 2.45) is 17.3 Å². The summed E-state index contributed by atoms with van der Waals surface area (Å²) in [6.45, 7) is 15.3. The monoisotopic (exact) mass is 1040 g/mol. The lowest BCUT2D eigenvalue weighted by atomic mass is 9.71. The zero-order chi connectivity index (χ0) is 54.4. The Kier molecular flexibility index (Phi) is 17.4. The van der Waals surface area contributed by atoms with Gasteiger partial charge in [-0.25, -0.2) is 13.8 Å². The number of likely N-dealkylation sites (tertiary alicyclic amines) is 1. The van der Waals surface area contributed by atoms with Crippen LogP contribution in [-0.4, -0.2) is 87.7 Å². The van der Waals surface area contributed by atoms with Crippen LogP contribution in [0.5, 0.6) is 5.75 Å². The van der Waals surface area contributed by atoms with E-state index in [0.29, 0.717) is 43.3 Å². The normalized spacial score (nSPS) is 17.5. The van der Waals surface area contributed by atoms with Crippen LogP contribution in [-0.2, 0) is 36.4 Å². The Morgan fingerprint density at radius 2 is 1.59 bits per heavy atom. The van der Waals surface area contributed by atoms with Crippen LogP contribution in [0, 0.1) is 35.5 Å². The largest absolute Gasteiger partial charge is 0.494 e. The number of rotatable bonds is 21. The number of aliphatic hydroxyl groups is 1. The van der Waals surface area contributed by atoms with Crippen LogP contribution in [0.1, 0.15) is 103 Å². The fourth-order valence-electron chi connectivity index (χ4n) is 10.1. The molecule has 0 saturated carbocycles. The standard InChI is InChI=1S/C58H66F2N6O8S/c1-9-58(59,60)48-29-44(23-18-42(48)31-61)65-54(71)57(7,8)66(55(65)75)43-21-16-39(17-22-43)40-19-24-47(25-20-40)73-27-11-10-26-72-34-46(68)28-36(2)50(56(4,5)6)53(70)64-33-45(67)30-49(64)52(69)62-32-38-12-14-41(15-13-38)51-37(3)63-35-74-51/h12-25,29,35-36,45,49-50,67H,9-11,26-28,30,32-34H2,1-8H3,(H,62,69)/t36?,45-,49+,50-/m1/s1. The minimum Gasteiger partial charge on any atom is -0.494 e. The summed E-state index contributed by atoms with van der Waals surface area (Å²) < 4.78 is 47.0. The Bertz CT molecular complexity index is 2910. The van der Waals surface area contributed by atoms with Crippen LogP contribution in [0.4, 0.5) is 20.2 Å². The van der Waals surface area contributed by atoms with Gasteiger partial charge in [-0.15, -0.1) is 0 Å². The number of amides is 3. The number of anilines is 2. The second kappa shape index (κ2) is 23.3. The van der Waals surface area contributed by atoms with E-state index in [1.807, 2.05) is 113 Å². The maximum atomic E-state index is 14.9. The average Bonchev–Trinajstić information content (AvgIpc) is 4.04. The van der Waals surface area contributed by atoms with Gasteiger partial charge in [-0.05, 0) is 116 Å². The number of aromatic nitrogens is 1. The predicted octanol–water partition coefficient (Wildman–Crippen LogP) is 10.3. The summed E-state index contributed by atoms with van der Waals surface area (Å²) in [4.78, 5) is 63.4. The van der Waals surface area contributed by atoms with E-state index in [9.17, 15) is 38.3 Å². The van der Waals surface area contributed by atoms with E-state index in [0.717, 1.165) is 27.9 Å². The van der Waals surface area contributed by atoms with E-state index >= 15 is 0 Å². The fourth-order valence-corrected chi connectivity index (χ4v) is 10.6. The van der Waals surface area contributed by atoms with E-state index in [4.69, 9.17) is 26.1 Å². The molecule has 17 heteroatoms. The van der Waals surface area contributed by atoms with Gasteiger partial charge in [0.2, 0.25) is 11.8 Å². The molecule has 2 N–H and O–H groups in total. The van der Waals surface area contributed by atoms with E-state index in [1.165, 1.54) is 41.3 Å². The molecule has 396 valence electrons. The molecule has 0 bridgehead atoms. The number of oxazole rings is 1. The Morgan fingerprint density at radius 1 is 0.960 bits per heavy atom. The highest BCUT2D eigenvalue weighted by Crippen LogP contribution is 2.41. The first-order valence-electron chi connectivity index (χ1n) is 25.3. The van der Waals surface area contributed by atoms with Crippen molar-refractivity contribution < 1.29 is 47.0 Å². The van der Waals surface area contributed by atoms with Crippen molar-refractivity contribution in [3.8, 4) is 34.3 Å². The van der Waals surface area contributed by atoms with Gasteiger partial charge in [0.05, 0.1) is 35.7 Å². The van der Waals surface area contributed by atoms with Gasteiger partial charge in [-0.3, -0.25) is 24.1 Å². The van der Waals surface area contributed by atoms with Crippen LogP contribution < -0.4 is 19.9 Å². The van der Waals surface area contributed by atoms with Gasteiger partial charge in [0.15, 0.2) is 23.0 Å². The second-order valence-electron chi connectivity index (χ2n) is 21.0. The molecule has 4 aromatic carbocycles. The number of alkyl halides is 2. The van der Waals surface area contributed by atoms with Crippen LogP contribution >= 0.6 is 12.2 Å². The number of β-amino-alcohol motifs (C(OH)–C–C–N with tert-alkyl or cyclic N) is 1. The number of nitriles is 1. The number of Topliss-reactive ketones (excluding diaryl/α,β-unsaturated/α-hetero) is 1. The molecule has 4 atom stereocenters. The molecule has 3 heterocycles. The third kappa shape index (κ3) is 12.6. The second-order valence-corrected chi connectivity index (χ2v) is 21.4. The molecule has 0 aliphatic carbocycles. The Labute approximate surface area is 443 Å². The van der Waals surface area contributed by atoms with Gasteiger partial charge in [-0.2, -0.15) is 5.26 Å². The van der Waals surface area contributed by atoms with Gasteiger partial charge in [0.1, 0.15) is 23.9 Å². The number of unbranched alkanes of at least 4 members (excludes halogenated alkanes) is 1. The van der Waals surface area contributed by atoms with Crippen LogP contribution in [0.3, 0.4) is 0 Å². The molecule has 75 heavy (non-hydrogen) atoms. The molecule has 2 fully saturated rings. The number of ketones is 1. The SMILES string of the molecule is CCC(F)(F)c1cc(N2C(=O)C(C)(C)N(c3ccc(-c4ccc(OCCCCOCC(=O)CC(C)[C@H](C(=O)N5C[C@H](O)C[C@H]5C(=O)NCc5ccc(-c6ocnc6C)cc5)C(C)(C)C)cc4)cc3)C2=S)ccc1C#N. The topological polar surface area (TPSA) is 179 Å². The van der Waals surface area contributed by atoms with Gasteiger partial charge in [-0.1, -0.05) is 83.1 Å². The number of nitrogens with one attached hydrogen (secondary N) is 1. The third-order valence-corrected chi connectivity index (χ3v) is 14.4. The molecular weight excluding hydrogens is 979 g/mol. The molecule has 1 aromatic heterocycles. The number of nitrogens with zero attached hydrogens (tertiary/aromatic N) is 5. The zero-order valence-corrected chi connectivity index (χ0v) is 44.6. The van der Waals surface area contributed by atoms with Crippen molar-refractivity contribution in [2.45, 2.75) is 118 Å².